The number of hydrogen-bond donors (Lipinski definition) is 3. The summed E-state index contributed by atoms with van der Waals surface area (Å²) < 4.78 is 27.0. The molecule has 0 bridgehead atoms. The number of hydrogen-bond acceptors (Lipinski definition) is 4. The summed E-state index contributed by atoms with van der Waals surface area (Å²) in [5.41, 5.74) is 1.43. The Morgan fingerprint density at radius 2 is 2.05 bits per heavy atom. The fourth-order valence-electron chi connectivity index (χ4n) is 2.24. The molecule has 1 aromatic rings. The van der Waals surface area contributed by atoms with Crippen LogP contribution in [0.4, 0.5) is 5.69 Å². The van der Waals surface area contributed by atoms with Crippen LogP contribution in [0.2, 0.25) is 0 Å². The number of amides is 1. The molecule has 0 aromatic heterocycles. The van der Waals surface area contributed by atoms with Gasteiger partial charge in [0.05, 0.1) is 10.8 Å². The Morgan fingerprint density at radius 3 is 2.76 bits per heavy atom. The third-order valence-electron chi connectivity index (χ3n) is 3.52. The molecule has 2 rings (SSSR count). The van der Waals surface area contributed by atoms with E-state index in [-0.39, 0.29) is 16.7 Å². The highest BCUT2D eigenvalue weighted by molar-refractivity contribution is 7.89. The maximum absolute atomic E-state index is 12.2. The average molecular weight is 311 g/mol. The lowest BCUT2D eigenvalue weighted by molar-refractivity contribution is -0.116. The third kappa shape index (κ3) is 3.61. The van der Waals surface area contributed by atoms with E-state index in [1.807, 2.05) is 6.92 Å². The van der Waals surface area contributed by atoms with Crippen LogP contribution in [0, 0.1) is 0 Å². The summed E-state index contributed by atoms with van der Waals surface area (Å²) in [5.74, 6) is -0.415. The van der Waals surface area contributed by atoms with Gasteiger partial charge in [0.15, 0.2) is 0 Å². The van der Waals surface area contributed by atoms with E-state index in [2.05, 4.69) is 15.4 Å². The Kier molecular flexibility index (Phi) is 4.97. The summed E-state index contributed by atoms with van der Waals surface area (Å²) >= 11 is 0. The topological polar surface area (TPSA) is 87.3 Å². The molecule has 0 aliphatic carbocycles. The van der Waals surface area contributed by atoms with Crippen molar-refractivity contribution in [1.82, 2.24) is 10.0 Å². The first-order chi connectivity index (χ1) is 9.95. The Balaban J connectivity index is 2.06. The molecule has 6 nitrogen and oxygen atoms in total. The molecule has 1 atom stereocenters. The highest BCUT2D eigenvalue weighted by atomic mass is 32.2. The molecule has 1 aromatic carbocycles. The van der Waals surface area contributed by atoms with Gasteiger partial charge in [-0.25, -0.2) is 13.1 Å². The highest BCUT2D eigenvalue weighted by Gasteiger charge is 2.28. The normalized spacial score (nSPS) is 17.6. The van der Waals surface area contributed by atoms with Gasteiger partial charge >= 0.3 is 0 Å². The smallest absolute Gasteiger partial charge is 0.240 e. The molecule has 21 heavy (non-hydrogen) atoms. The third-order valence-corrected chi connectivity index (χ3v) is 4.98. The fraction of sp³-hybridized carbons (Fsp3) is 0.500. The number of sulfonamides is 1. The van der Waals surface area contributed by atoms with E-state index in [4.69, 9.17) is 0 Å². The molecule has 0 fully saturated rings. The van der Waals surface area contributed by atoms with Crippen molar-refractivity contribution in [3.8, 4) is 0 Å². The Labute approximate surface area is 125 Å². The van der Waals surface area contributed by atoms with Gasteiger partial charge in [0.1, 0.15) is 0 Å². The van der Waals surface area contributed by atoms with Gasteiger partial charge in [-0.3, -0.25) is 4.79 Å². The highest BCUT2D eigenvalue weighted by Crippen LogP contribution is 2.33. The van der Waals surface area contributed by atoms with E-state index in [0.717, 1.165) is 25.1 Å². The van der Waals surface area contributed by atoms with Crippen molar-refractivity contribution in [2.75, 3.05) is 25.0 Å². The molecule has 1 aliphatic heterocycles. The van der Waals surface area contributed by atoms with Crippen molar-refractivity contribution >= 4 is 21.6 Å². The van der Waals surface area contributed by atoms with E-state index in [0.29, 0.717) is 12.2 Å². The number of fused-ring (bicyclic) bond motifs is 1. The summed E-state index contributed by atoms with van der Waals surface area (Å²) in [6, 6.07) is 4.73. The molecule has 0 radical (unpaired) electrons. The van der Waals surface area contributed by atoms with Gasteiger partial charge in [-0.2, -0.15) is 0 Å². The predicted octanol–water partition coefficient (Wildman–Crippen LogP) is 1.02. The second kappa shape index (κ2) is 6.55. The van der Waals surface area contributed by atoms with Gasteiger partial charge in [0.2, 0.25) is 15.9 Å². The fourth-order valence-corrected chi connectivity index (χ4v) is 3.35. The minimum atomic E-state index is -3.53. The largest absolute Gasteiger partial charge is 0.325 e. The zero-order valence-corrected chi connectivity index (χ0v) is 13.1. The molecule has 3 N–H and O–H groups in total. The van der Waals surface area contributed by atoms with Crippen molar-refractivity contribution in [2.45, 2.75) is 31.1 Å². The standard InChI is InChI=1S/C14H21N3O3S/c1-3-15-7-4-8-16-21(19,20)11-5-6-13-12(9-11)10(2)14(18)17-13/h5-6,9-10,15-16H,3-4,7-8H2,1-2H3,(H,17,18). The molecule has 1 amide bonds. The van der Waals surface area contributed by atoms with Crippen LogP contribution in [-0.2, 0) is 14.8 Å². The SMILES string of the molecule is CCNCCCNS(=O)(=O)c1ccc2c(c1)C(C)C(=O)N2. The minimum Gasteiger partial charge on any atom is -0.325 e. The number of carbonyl (C=O) groups is 1. The summed E-state index contributed by atoms with van der Waals surface area (Å²) in [5, 5.41) is 5.87. The van der Waals surface area contributed by atoms with Crippen molar-refractivity contribution in [2.24, 2.45) is 0 Å². The van der Waals surface area contributed by atoms with Crippen LogP contribution in [0.1, 0.15) is 31.7 Å². The van der Waals surface area contributed by atoms with Crippen LogP contribution >= 0.6 is 0 Å². The zero-order chi connectivity index (χ0) is 15.5. The Hall–Kier alpha value is -1.44. The number of anilines is 1. The predicted molar refractivity (Wildman–Crippen MR) is 81.8 cm³/mol. The van der Waals surface area contributed by atoms with Crippen molar-refractivity contribution in [3.63, 3.8) is 0 Å². The molecule has 116 valence electrons. The van der Waals surface area contributed by atoms with E-state index in [1.54, 1.807) is 19.1 Å². The maximum atomic E-state index is 12.2. The van der Waals surface area contributed by atoms with Crippen LogP contribution in [-0.4, -0.2) is 34.0 Å². The molecule has 7 heteroatoms. The van der Waals surface area contributed by atoms with Crippen LogP contribution < -0.4 is 15.4 Å². The van der Waals surface area contributed by atoms with Gasteiger partial charge in [-0.1, -0.05) is 6.92 Å². The number of rotatable bonds is 7. The quantitative estimate of drug-likeness (QED) is 0.656. The van der Waals surface area contributed by atoms with Gasteiger partial charge < -0.3 is 10.6 Å². The molecule has 1 unspecified atom stereocenters. The van der Waals surface area contributed by atoms with Crippen LogP contribution in [0.15, 0.2) is 23.1 Å². The first-order valence-electron chi connectivity index (χ1n) is 7.11. The van der Waals surface area contributed by atoms with Crippen molar-refractivity contribution in [3.05, 3.63) is 23.8 Å². The van der Waals surface area contributed by atoms with Gasteiger partial charge in [-0.05, 0) is 50.2 Å². The second-order valence-electron chi connectivity index (χ2n) is 5.06. The van der Waals surface area contributed by atoms with Crippen molar-refractivity contribution in [1.29, 1.82) is 0 Å². The molecule has 0 spiro atoms. The molecular formula is C14H21N3O3S. The molecular weight excluding hydrogens is 290 g/mol. The molecule has 1 heterocycles. The van der Waals surface area contributed by atoms with Gasteiger partial charge in [-0.15, -0.1) is 0 Å². The Bertz CT molecular complexity index is 628. The number of benzene rings is 1. The van der Waals surface area contributed by atoms with E-state index in [9.17, 15) is 13.2 Å². The molecule has 1 aliphatic rings. The maximum Gasteiger partial charge on any atom is 0.240 e. The summed E-state index contributed by atoms with van der Waals surface area (Å²) in [7, 11) is -3.53. The lowest BCUT2D eigenvalue weighted by Gasteiger charge is -2.09. The van der Waals surface area contributed by atoms with E-state index in [1.165, 1.54) is 6.07 Å². The molecule has 0 saturated heterocycles. The van der Waals surface area contributed by atoms with Crippen LogP contribution in [0.5, 0.6) is 0 Å². The number of nitrogens with one attached hydrogen (secondary N) is 3. The van der Waals surface area contributed by atoms with Crippen molar-refractivity contribution < 1.29 is 13.2 Å². The first kappa shape index (κ1) is 15.9. The first-order valence-corrected chi connectivity index (χ1v) is 8.59. The van der Waals surface area contributed by atoms with Crippen LogP contribution in [0.25, 0.3) is 0 Å². The second-order valence-corrected chi connectivity index (χ2v) is 6.83. The van der Waals surface area contributed by atoms with Gasteiger partial charge in [0, 0.05) is 12.2 Å². The lowest BCUT2D eigenvalue weighted by atomic mass is 10.0. The summed E-state index contributed by atoms with van der Waals surface area (Å²) in [6.07, 6.45) is 0.731. The zero-order valence-electron chi connectivity index (χ0n) is 12.3. The average Bonchev–Trinajstić information content (AvgIpc) is 2.73. The summed E-state index contributed by atoms with van der Waals surface area (Å²) in [6.45, 7) is 5.81. The van der Waals surface area contributed by atoms with E-state index >= 15 is 0 Å². The minimum absolute atomic E-state index is 0.0989. The van der Waals surface area contributed by atoms with E-state index < -0.39 is 10.0 Å². The lowest BCUT2D eigenvalue weighted by Crippen LogP contribution is -2.27. The van der Waals surface area contributed by atoms with Gasteiger partial charge in [0.25, 0.3) is 0 Å². The molecule has 0 saturated carbocycles. The monoisotopic (exact) mass is 311 g/mol. The number of carbonyl (C=O) groups excluding carboxylic acids is 1. The summed E-state index contributed by atoms with van der Waals surface area (Å²) in [4.78, 5) is 11.8. The van der Waals surface area contributed by atoms with Crippen LogP contribution in [0.3, 0.4) is 0 Å². The Morgan fingerprint density at radius 1 is 1.29 bits per heavy atom.